The lowest BCUT2D eigenvalue weighted by atomic mass is 9.40. The van der Waals surface area contributed by atoms with E-state index >= 15 is 0 Å². The number of hydrogen-bond donors (Lipinski definition) is 1. The van der Waals surface area contributed by atoms with E-state index in [2.05, 4.69) is 31.0 Å². The molecule has 4 fully saturated rings. The van der Waals surface area contributed by atoms with Gasteiger partial charge < -0.3 is 10.2 Å². The Morgan fingerprint density at radius 2 is 1.81 bits per heavy atom. The molecule has 116 valence electrons. The Hall–Kier alpha value is -0.900. The Morgan fingerprint density at radius 3 is 2.38 bits per heavy atom. The third-order valence-electron chi connectivity index (χ3n) is 6.28. The molecule has 4 heteroatoms. The Morgan fingerprint density at radius 1 is 1.14 bits per heavy atom. The molecule has 5 rings (SSSR count). The molecule has 4 nitrogen and oxygen atoms in total. The summed E-state index contributed by atoms with van der Waals surface area (Å²) in [5.74, 6) is 2.34. The molecule has 0 aromatic carbocycles. The highest BCUT2D eigenvalue weighted by Crippen LogP contribution is 2.69. The van der Waals surface area contributed by atoms with Crippen molar-refractivity contribution in [2.75, 3.05) is 0 Å². The molecule has 0 radical (unpaired) electrons. The maximum atomic E-state index is 6.06. The molecule has 0 aliphatic heterocycles. The number of nitrogens with zero attached hydrogens (tertiary/aromatic N) is 2. The monoisotopic (exact) mass is 289 g/mol. The Bertz CT molecular complexity index is 548. The van der Waals surface area contributed by atoms with Crippen molar-refractivity contribution in [3.05, 3.63) is 11.8 Å². The number of rotatable bonds is 3. The molecule has 3 atom stereocenters. The fourth-order valence-corrected chi connectivity index (χ4v) is 6.46. The van der Waals surface area contributed by atoms with Gasteiger partial charge >= 0.3 is 0 Å². The van der Waals surface area contributed by atoms with Gasteiger partial charge in [0.05, 0.1) is 6.04 Å². The summed E-state index contributed by atoms with van der Waals surface area (Å²) in [6, 6.07) is -0.119. The molecule has 4 aliphatic rings. The molecule has 4 bridgehead atoms. The molecule has 3 unspecified atom stereocenters. The molecule has 4 saturated carbocycles. The van der Waals surface area contributed by atoms with Crippen LogP contribution >= 0.6 is 0 Å². The minimum atomic E-state index is -0.119. The molecule has 1 aromatic heterocycles. The fourth-order valence-electron chi connectivity index (χ4n) is 6.46. The molecule has 0 saturated heterocycles. The lowest BCUT2D eigenvalue weighted by Crippen LogP contribution is -2.57. The first kappa shape index (κ1) is 13.7. The van der Waals surface area contributed by atoms with Gasteiger partial charge in [-0.25, -0.2) is 0 Å². The summed E-state index contributed by atoms with van der Waals surface area (Å²) >= 11 is 0. The highest BCUT2D eigenvalue weighted by molar-refractivity contribution is 5.20. The van der Waals surface area contributed by atoms with Gasteiger partial charge in [-0.2, -0.15) is 0 Å². The van der Waals surface area contributed by atoms with Crippen LogP contribution in [0.2, 0.25) is 0 Å². The van der Waals surface area contributed by atoms with Crippen molar-refractivity contribution in [3.8, 4) is 0 Å². The average Bonchev–Trinajstić information content (AvgIpc) is 2.83. The average molecular weight is 289 g/mol. The fraction of sp³-hybridized carbons (Fsp3) is 0.882. The summed E-state index contributed by atoms with van der Waals surface area (Å²) in [4.78, 5) is 0. The van der Waals surface area contributed by atoms with Gasteiger partial charge in [0, 0.05) is 5.41 Å². The minimum absolute atomic E-state index is 0.119. The largest absolute Gasteiger partial charge is 0.423 e. The first-order valence-corrected chi connectivity index (χ1v) is 8.45. The maximum Gasteiger partial charge on any atom is 0.233 e. The summed E-state index contributed by atoms with van der Waals surface area (Å²) in [6.07, 6.45) is 8.66. The number of hydrogen-bond acceptors (Lipinski definition) is 4. The molecule has 1 aromatic rings. The zero-order chi connectivity index (χ0) is 14.9. The van der Waals surface area contributed by atoms with Crippen LogP contribution in [0.4, 0.5) is 0 Å². The van der Waals surface area contributed by atoms with Crippen molar-refractivity contribution >= 4 is 0 Å². The first-order valence-electron chi connectivity index (χ1n) is 8.45. The summed E-state index contributed by atoms with van der Waals surface area (Å²) < 4.78 is 6.06. The van der Waals surface area contributed by atoms with Crippen LogP contribution in [0.1, 0.15) is 83.5 Å². The maximum absolute atomic E-state index is 6.06. The van der Waals surface area contributed by atoms with Gasteiger partial charge in [-0.1, -0.05) is 20.8 Å². The molecule has 0 amide bonds. The molecule has 1 heterocycles. The normalized spacial score (nSPS) is 46.0. The topological polar surface area (TPSA) is 64.9 Å². The van der Waals surface area contributed by atoms with Crippen LogP contribution < -0.4 is 5.73 Å². The first-order chi connectivity index (χ1) is 9.85. The van der Waals surface area contributed by atoms with Crippen LogP contribution in [0.25, 0.3) is 0 Å². The number of aromatic nitrogens is 2. The van der Waals surface area contributed by atoms with Crippen molar-refractivity contribution < 1.29 is 4.42 Å². The summed E-state index contributed by atoms with van der Waals surface area (Å²) in [5.41, 5.74) is 7.12. The molecule has 2 N–H and O–H groups in total. The van der Waals surface area contributed by atoms with Crippen LogP contribution in [0.3, 0.4) is 0 Å². The van der Waals surface area contributed by atoms with E-state index in [4.69, 9.17) is 10.2 Å². The SMILES string of the molecule is CCC(N)c1nnc(C23CC4CC(C)(CC(C)(C4)C2)C3)o1. The quantitative estimate of drug-likeness (QED) is 0.921. The molecular formula is C17H27N3O. The van der Waals surface area contributed by atoms with Gasteiger partial charge in [0.2, 0.25) is 11.8 Å². The van der Waals surface area contributed by atoms with E-state index in [0.717, 1.165) is 18.2 Å². The van der Waals surface area contributed by atoms with Crippen LogP contribution in [0.15, 0.2) is 4.42 Å². The van der Waals surface area contributed by atoms with E-state index in [1.54, 1.807) is 0 Å². The van der Waals surface area contributed by atoms with Crippen molar-refractivity contribution in [2.45, 2.75) is 77.2 Å². The summed E-state index contributed by atoms with van der Waals surface area (Å²) in [5, 5.41) is 8.69. The Balaban J connectivity index is 1.72. The summed E-state index contributed by atoms with van der Waals surface area (Å²) in [7, 11) is 0. The third kappa shape index (κ3) is 1.98. The van der Waals surface area contributed by atoms with Gasteiger partial charge in [-0.3, -0.25) is 0 Å². The smallest absolute Gasteiger partial charge is 0.233 e. The van der Waals surface area contributed by atoms with E-state index in [1.807, 2.05) is 0 Å². The van der Waals surface area contributed by atoms with Crippen LogP contribution in [0, 0.1) is 16.7 Å². The molecular weight excluding hydrogens is 262 g/mol. The Labute approximate surface area is 126 Å². The second-order valence-corrected chi connectivity index (χ2v) is 8.87. The van der Waals surface area contributed by atoms with Gasteiger partial charge in [-0.05, 0) is 61.7 Å². The van der Waals surface area contributed by atoms with Crippen LogP contribution in [0.5, 0.6) is 0 Å². The standard InChI is InChI=1S/C17H27N3O/c1-4-12(18)13-19-20-14(21-13)17-7-11-5-15(2,9-17)8-16(3,6-11)10-17/h11-12H,4-10,18H2,1-3H3. The lowest BCUT2D eigenvalue weighted by molar-refractivity contribution is -0.117. The number of nitrogens with two attached hydrogens (primary N) is 1. The van der Waals surface area contributed by atoms with Gasteiger partial charge in [0.1, 0.15) is 0 Å². The minimum Gasteiger partial charge on any atom is -0.423 e. The van der Waals surface area contributed by atoms with E-state index < -0.39 is 0 Å². The predicted molar refractivity (Wildman–Crippen MR) is 80.6 cm³/mol. The Kier molecular flexibility index (Phi) is 2.68. The van der Waals surface area contributed by atoms with E-state index in [-0.39, 0.29) is 11.5 Å². The zero-order valence-corrected chi connectivity index (χ0v) is 13.5. The zero-order valence-electron chi connectivity index (χ0n) is 13.5. The molecule has 0 spiro atoms. The summed E-state index contributed by atoms with van der Waals surface area (Å²) in [6.45, 7) is 7.00. The highest BCUT2D eigenvalue weighted by Gasteiger charge is 2.62. The van der Waals surface area contributed by atoms with Crippen molar-refractivity contribution in [1.29, 1.82) is 0 Å². The second-order valence-electron chi connectivity index (χ2n) is 8.87. The van der Waals surface area contributed by atoms with Crippen molar-refractivity contribution in [3.63, 3.8) is 0 Å². The van der Waals surface area contributed by atoms with E-state index in [9.17, 15) is 0 Å². The van der Waals surface area contributed by atoms with Gasteiger partial charge in [0.15, 0.2) is 0 Å². The van der Waals surface area contributed by atoms with E-state index in [1.165, 1.54) is 38.5 Å². The lowest BCUT2D eigenvalue weighted by Gasteiger charge is -2.64. The van der Waals surface area contributed by atoms with Crippen LogP contribution in [-0.4, -0.2) is 10.2 Å². The second kappa shape index (κ2) is 4.09. The van der Waals surface area contributed by atoms with Gasteiger partial charge in [0.25, 0.3) is 0 Å². The van der Waals surface area contributed by atoms with Crippen molar-refractivity contribution in [1.82, 2.24) is 10.2 Å². The van der Waals surface area contributed by atoms with E-state index in [0.29, 0.717) is 16.7 Å². The third-order valence-corrected chi connectivity index (χ3v) is 6.28. The van der Waals surface area contributed by atoms with Gasteiger partial charge in [-0.15, -0.1) is 10.2 Å². The molecule has 21 heavy (non-hydrogen) atoms. The van der Waals surface area contributed by atoms with Crippen LogP contribution in [-0.2, 0) is 5.41 Å². The molecule has 4 aliphatic carbocycles. The van der Waals surface area contributed by atoms with Crippen molar-refractivity contribution in [2.24, 2.45) is 22.5 Å². The highest BCUT2D eigenvalue weighted by atomic mass is 16.4. The predicted octanol–water partition coefficient (Wildman–Crippen LogP) is 3.73.